The van der Waals surface area contributed by atoms with Crippen molar-refractivity contribution in [1.29, 1.82) is 0 Å². The minimum absolute atomic E-state index is 0.0801. The van der Waals surface area contributed by atoms with Crippen LogP contribution in [0.5, 0.6) is 0 Å². The van der Waals surface area contributed by atoms with E-state index in [0.29, 0.717) is 37.6 Å². The van der Waals surface area contributed by atoms with Crippen LogP contribution in [0.1, 0.15) is 48.6 Å². The van der Waals surface area contributed by atoms with Crippen molar-refractivity contribution >= 4 is 11.9 Å². The van der Waals surface area contributed by atoms with Gasteiger partial charge in [0.05, 0.1) is 13.5 Å². The molecule has 2 aromatic rings. The minimum atomic E-state index is -0.476. The van der Waals surface area contributed by atoms with Gasteiger partial charge in [0.25, 0.3) is 0 Å². The summed E-state index contributed by atoms with van der Waals surface area (Å²) < 4.78 is 10.5. The summed E-state index contributed by atoms with van der Waals surface area (Å²) in [6.07, 6.45) is 3.65. The molecule has 0 saturated carbocycles. The molecule has 1 amide bonds. The third kappa shape index (κ3) is 4.93. The fraction of sp³-hybridized carbons (Fsp3) is 0.500. The molecule has 1 atom stereocenters. The second-order valence-electron chi connectivity index (χ2n) is 6.88. The van der Waals surface area contributed by atoms with E-state index in [2.05, 4.69) is 16.3 Å². The number of rotatable bonds is 6. The lowest BCUT2D eigenvalue weighted by atomic mass is 10.0. The van der Waals surface area contributed by atoms with E-state index < -0.39 is 6.04 Å². The van der Waals surface area contributed by atoms with E-state index in [1.807, 2.05) is 25.1 Å². The van der Waals surface area contributed by atoms with Crippen molar-refractivity contribution < 1.29 is 18.7 Å². The van der Waals surface area contributed by atoms with Crippen LogP contribution < -0.4 is 0 Å². The van der Waals surface area contributed by atoms with Gasteiger partial charge in [0.1, 0.15) is 6.04 Å². The summed E-state index contributed by atoms with van der Waals surface area (Å²) in [5, 5.41) is 8.12. The number of esters is 1. The van der Waals surface area contributed by atoms with Gasteiger partial charge in [0, 0.05) is 19.4 Å². The quantitative estimate of drug-likeness (QED) is 0.725. The van der Waals surface area contributed by atoms with Crippen LogP contribution in [0.2, 0.25) is 0 Å². The summed E-state index contributed by atoms with van der Waals surface area (Å²) in [6.45, 7) is 2.62. The highest BCUT2D eigenvalue weighted by atomic mass is 16.5. The molecule has 1 aliphatic heterocycles. The third-order valence-electron chi connectivity index (χ3n) is 4.80. The molecule has 3 rings (SSSR count). The van der Waals surface area contributed by atoms with Crippen LogP contribution in [0.25, 0.3) is 0 Å². The molecule has 1 saturated heterocycles. The van der Waals surface area contributed by atoms with Gasteiger partial charge in [-0.25, -0.2) is 4.79 Å². The SMILES string of the molecule is COC(=O)C1CCCCN1C(=O)CCc1nnc(Cc2cccc(C)c2)o1. The Hall–Kier alpha value is -2.70. The second kappa shape index (κ2) is 8.79. The third-order valence-corrected chi connectivity index (χ3v) is 4.80. The molecular weight excluding hydrogens is 346 g/mol. The maximum Gasteiger partial charge on any atom is 0.328 e. The fourth-order valence-electron chi connectivity index (χ4n) is 3.43. The summed E-state index contributed by atoms with van der Waals surface area (Å²) in [4.78, 5) is 26.1. The first-order chi connectivity index (χ1) is 13.1. The molecule has 0 spiro atoms. The topological polar surface area (TPSA) is 85.5 Å². The van der Waals surface area contributed by atoms with E-state index in [0.717, 1.165) is 18.4 Å². The number of aromatic nitrogens is 2. The van der Waals surface area contributed by atoms with Crippen LogP contribution >= 0.6 is 0 Å². The standard InChI is InChI=1S/C20H25N3O4/c1-14-6-5-7-15(12-14)13-18-22-21-17(27-18)9-10-19(24)23-11-4-3-8-16(23)20(25)26-2/h5-7,12,16H,3-4,8-11,13H2,1-2H3. The average molecular weight is 371 g/mol. The average Bonchev–Trinajstić information content (AvgIpc) is 3.12. The van der Waals surface area contributed by atoms with Crippen LogP contribution in [0, 0.1) is 6.92 Å². The molecule has 144 valence electrons. The maximum absolute atomic E-state index is 12.6. The lowest BCUT2D eigenvalue weighted by Crippen LogP contribution is -2.48. The highest BCUT2D eigenvalue weighted by molar-refractivity contribution is 5.84. The van der Waals surface area contributed by atoms with Crippen molar-refractivity contribution in [3.8, 4) is 0 Å². The number of amides is 1. The van der Waals surface area contributed by atoms with E-state index in [4.69, 9.17) is 9.15 Å². The summed E-state index contributed by atoms with van der Waals surface area (Å²) in [6, 6.07) is 7.66. The number of benzene rings is 1. The van der Waals surface area contributed by atoms with Crippen LogP contribution in [0.3, 0.4) is 0 Å². The Bertz CT molecular complexity index is 802. The number of nitrogens with zero attached hydrogens (tertiary/aromatic N) is 3. The van der Waals surface area contributed by atoms with Crippen molar-refractivity contribution in [1.82, 2.24) is 15.1 Å². The van der Waals surface area contributed by atoms with E-state index in [1.165, 1.54) is 12.7 Å². The maximum atomic E-state index is 12.6. The van der Waals surface area contributed by atoms with Gasteiger partial charge in [-0.2, -0.15) is 0 Å². The number of hydrogen-bond acceptors (Lipinski definition) is 6. The largest absolute Gasteiger partial charge is 0.467 e. The molecule has 0 N–H and O–H groups in total. The van der Waals surface area contributed by atoms with Gasteiger partial charge in [-0.15, -0.1) is 10.2 Å². The number of carbonyl (C=O) groups excluding carboxylic acids is 2. The van der Waals surface area contributed by atoms with E-state index in [-0.39, 0.29) is 18.3 Å². The molecule has 1 aromatic carbocycles. The smallest absolute Gasteiger partial charge is 0.328 e. The van der Waals surface area contributed by atoms with Crippen molar-refractivity contribution in [3.05, 3.63) is 47.2 Å². The molecule has 0 aliphatic carbocycles. The van der Waals surface area contributed by atoms with Crippen LogP contribution in [0.4, 0.5) is 0 Å². The summed E-state index contributed by atoms with van der Waals surface area (Å²) >= 11 is 0. The molecule has 0 bridgehead atoms. The van der Waals surface area contributed by atoms with E-state index in [9.17, 15) is 9.59 Å². The normalized spacial score (nSPS) is 17.0. The van der Waals surface area contributed by atoms with E-state index >= 15 is 0 Å². The van der Waals surface area contributed by atoms with Gasteiger partial charge in [-0.05, 0) is 31.7 Å². The van der Waals surface area contributed by atoms with Gasteiger partial charge in [-0.3, -0.25) is 4.79 Å². The van der Waals surface area contributed by atoms with Crippen molar-refractivity contribution in [2.24, 2.45) is 0 Å². The molecular formula is C20H25N3O4. The predicted molar refractivity (Wildman–Crippen MR) is 98.0 cm³/mol. The first-order valence-corrected chi connectivity index (χ1v) is 9.31. The number of ether oxygens (including phenoxy) is 1. The van der Waals surface area contributed by atoms with Gasteiger partial charge in [0.15, 0.2) is 0 Å². The molecule has 1 aromatic heterocycles. The van der Waals surface area contributed by atoms with Crippen LogP contribution in [-0.2, 0) is 27.2 Å². The Balaban J connectivity index is 1.56. The minimum Gasteiger partial charge on any atom is -0.467 e. The molecule has 1 fully saturated rings. The number of carbonyl (C=O) groups is 2. The van der Waals surface area contributed by atoms with Gasteiger partial charge in [-0.1, -0.05) is 29.8 Å². The summed E-state index contributed by atoms with van der Waals surface area (Å²) in [5.74, 6) is 0.552. The molecule has 1 aliphatic rings. The molecule has 1 unspecified atom stereocenters. The van der Waals surface area contributed by atoms with Crippen molar-refractivity contribution in [2.45, 2.75) is 51.5 Å². The molecule has 7 heteroatoms. The molecule has 2 heterocycles. The highest BCUT2D eigenvalue weighted by Gasteiger charge is 2.32. The van der Waals surface area contributed by atoms with Crippen LogP contribution in [0.15, 0.2) is 28.7 Å². The number of hydrogen-bond donors (Lipinski definition) is 0. The zero-order valence-electron chi connectivity index (χ0n) is 15.8. The summed E-state index contributed by atoms with van der Waals surface area (Å²) in [7, 11) is 1.35. The Morgan fingerprint density at radius 1 is 1.26 bits per heavy atom. The van der Waals surface area contributed by atoms with Gasteiger partial charge >= 0.3 is 5.97 Å². The lowest BCUT2D eigenvalue weighted by molar-refractivity contribution is -0.154. The zero-order chi connectivity index (χ0) is 19.2. The Labute approximate surface area is 158 Å². The Morgan fingerprint density at radius 3 is 2.85 bits per heavy atom. The second-order valence-corrected chi connectivity index (χ2v) is 6.88. The van der Waals surface area contributed by atoms with Gasteiger partial charge in [0.2, 0.25) is 17.7 Å². The molecule has 7 nitrogen and oxygen atoms in total. The van der Waals surface area contributed by atoms with Crippen molar-refractivity contribution in [3.63, 3.8) is 0 Å². The van der Waals surface area contributed by atoms with E-state index in [1.54, 1.807) is 4.90 Å². The number of piperidine rings is 1. The highest BCUT2D eigenvalue weighted by Crippen LogP contribution is 2.20. The van der Waals surface area contributed by atoms with Crippen LogP contribution in [-0.4, -0.2) is 46.7 Å². The fourth-order valence-corrected chi connectivity index (χ4v) is 3.43. The van der Waals surface area contributed by atoms with Crippen molar-refractivity contribution in [2.75, 3.05) is 13.7 Å². The number of likely N-dealkylation sites (tertiary alicyclic amines) is 1. The monoisotopic (exact) mass is 371 g/mol. The first kappa shape index (κ1) is 19.1. The predicted octanol–water partition coefficient (Wildman–Crippen LogP) is 2.46. The number of aryl methyl sites for hydroxylation is 2. The number of methoxy groups -OCH3 is 1. The Kier molecular flexibility index (Phi) is 6.21. The zero-order valence-corrected chi connectivity index (χ0v) is 15.8. The first-order valence-electron chi connectivity index (χ1n) is 9.31. The van der Waals surface area contributed by atoms with Gasteiger partial charge < -0.3 is 14.1 Å². The lowest BCUT2D eigenvalue weighted by Gasteiger charge is -2.33. The molecule has 0 radical (unpaired) electrons. The Morgan fingerprint density at radius 2 is 2.07 bits per heavy atom. The molecule has 27 heavy (non-hydrogen) atoms. The summed E-state index contributed by atoms with van der Waals surface area (Å²) in [5.41, 5.74) is 2.29.